The zero-order chi connectivity index (χ0) is 16.5. The van der Waals surface area contributed by atoms with Gasteiger partial charge in [-0.05, 0) is 61.6 Å². The number of hydrogen-bond donors (Lipinski definition) is 2. The highest BCUT2D eigenvalue weighted by atomic mass is 16.7. The third-order valence-electron chi connectivity index (χ3n) is 4.52. The zero-order valence-corrected chi connectivity index (χ0v) is 13.6. The van der Waals surface area contributed by atoms with E-state index in [1.165, 1.54) is 17.5 Å². The summed E-state index contributed by atoms with van der Waals surface area (Å²) < 4.78 is 10.6. The van der Waals surface area contributed by atoms with E-state index in [9.17, 15) is 4.79 Å². The van der Waals surface area contributed by atoms with Gasteiger partial charge in [-0.15, -0.1) is 0 Å². The first-order valence-corrected chi connectivity index (χ1v) is 8.28. The minimum Gasteiger partial charge on any atom is -0.454 e. The molecule has 0 saturated heterocycles. The van der Waals surface area contributed by atoms with Crippen molar-refractivity contribution in [3.05, 3.63) is 47.5 Å². The molecule has 5 heteroatoms. The Hall–Kier alpha value is -2.69. The molecule has 2 aromatic carbocycles. The first kappa shape index (κ1) is 14.9. The summed E-state index contributed by atoms with van der Waals surface area (Å²) in [6.45, 7) is 2.08. The van der Waals surface area contributed by atoms with E-state index in [-0.39, 0.29) is 18.7 Å². The number of benzene rings is 2. The molecule has 0 radical (unpaired) electrons. The molecule has 0 saturated carbocycles. The number of fused-ring (bicyclic) bond motifs is 2. The average Bonchev–Trinajstić information content (AvgIpc) is 3.22. The Morgan fingerprint density at radius 2 is 1.79 bits per heavy atom. The summed E-state index contributed by atoms with van der Waals surface area (Å²) in [6, 6.07) is 11.4. The first-order chi connectivity index (χ1) is 11.7. The maximum atomic E-state index is 12.4. The quantitative estimate of drug-likeness (QED) is 0.905. The van der Waals surface area contributed by atoms with Gasteiger partial charge < -0.3 is 20.1 Å². The molecule has 1 aliphatic heterocycles. The van der Waals surface area contributed by atoms with Gasteiger partial charge in [-0.2, -0.15) is 0 Å². The fraction of sp³-hybridized carbons (Fsp3) is 0.316. The minimum absolute atomic E-state index is 0.0886. The standard InChI is InChI=1S/C19H20N2O3/c1-12(20-15-6-5-13-3-2-4-14(13)9-15)19(22)21-16-7-8-17-18(10-16)24-11-23-17/h5-10,12,20H,2-4,11H2,1H3,(H,21,22)/t12-/m0/s1. The molecule has 0 fully saturated rings. The molecule has 2 N–H and O–H groups in total. The molecule has 1 atom stereocenters. The third-order valence-corrected chi connectivity index (χ3v) is 4.52. The normalized spacial score (nSPS) is 15.7. The van der Waals surface area contributed by atoms with Crippen molar-refractivity contribution in [2.75, 3.05) is 17.4 Å². The average molecular weight is 324 g/mol. The van der Waals surface area contributed by atoms with Gasteiger partial charge in [0.1, 0.15) is 6.04 Å². The monoisotopic (exact) mass is 324 g/mol. The van der Waals surface area contributed by atoms with Gasteiger partial charge in [-0.1, -0.05) is 6.07 Å². The first-order valence-electron chi connectivity index (χ1n) is 8.28. The fourth-order valence-electron chi connectivity index (χ4n) is 3.20. The van der Waals surface area contributed by atoms with E-state index in [2.05, 4.69) is 28.8 Å². The molecule has 1 aliphatic carbocycles. The van der Waals surface area contributed by atoms with Gasteiger partial charge in [0, 0.05) is 17.4 Å². The van der Waals surface area contributed by atoms with Crippen LogP contribution >= 0.6 is 0 Å². The molecule has 4 rings (SSSR count). The minimum atomic E-state index is -0.338. The molecular weight excluding hydrogens is 304 g/mol. The van der Waals surface area contributed by atoms with Gasteiger partial charge in [0.2, 0.25) is 12.7 Å². The summed E-state index contributed by atoms with van der Waals surface area (Å²) >= 11 is 0. The van der Waals surface area contributed by atoms with Crippen LogP contribution in [0.4, 0.5) is 11.4 Å². The third kappa shape index (κ3) is 2.89. The maximum absolute atomic E-state index is 12.4. The van der Waals surface area contributed by atoms with Crippen molar-refractivity contribution in [3.8, 4) is 11.5 Å². The van der Waals surface area contributed by atoms with E-state index < -0.39 is 0 Å². The van der Waals surface area contributed by atoms with Crippen molar-refractivity contribution < 1.29 is 14.3 Å². The molecule has 2 aliphatic rings. The van der Waals surface area contributed by atoms with Crippen LogP contribution in [0.25, 0.3) is 0 Å². The van der Waals surface area contributed by atoms with Crippen LogP contribution in [-0.4, -0.2) is 18.7 Å². The summed E-state index contributed by atoms with van der Waals surface area (Å²) in [5.74, 6) is 1.28. The Morgan fingerprint density at radius 1 is 1.00 bits per heavy atom. The number of nitrogens with one attached hydrogen (secondary N) is 2. The zero-order valence-electron chi connectivity index (χ0n) is 13.6. The number of ether oxygens (including phenoxy) is 2. The second-order valence-corrected chi connectivity index (χ2v) is 6.26. The van der Waals surface area contributed by atoms with Gasteiger partial charge in [-0.3, -0.25) is 4.79 Å². The molecule has 124 valence electrons. The lowest BCUT2D eigenvalue weighted by atomic mass is 10.1. The summed E-state index contributed by atoms with van der Waals surface area (Å²) in [7, 11) is 0. The van der Waals surface area contributed by atoms with Gasteiger partial charge >= 0.3 is 0 Å². The molecule has 1 heterocycles. The second-order valence-electron chi connectivity index (χ2n) is 6.26. The number of anilines is 2. The summed E-state index contributed by atoms with van der Waals surface area (Å²) in [6.07, 6.45) is 3.51. The van der Waals surface area contributed by atoms with Crippen molar-refractivity contribution in [1.29, 1.82) is 0 Å². The lowest BCUT2D eigenvalue weighted by molar-refractivity contribution is -0.116. The molecule has 0 unspecified atom stereocenters. The number of amides is 1. The van der Waals surface area contributed by atoms with Gasteiger partial charge in [-0.25, -0.2) is 0 Å². The topological polar surface area (TPSA) is 59.6 Å². The van der Waals surface area contributed by atoms with Gasteiger partial charge in [0.15, 0.2) is 11.5 Å². The van der Waals surface area contributed by atoms with Crippen LogP contribution in [-0.2, 0) is 17.6 Å². The van der Waals surface area contributed by atoms with Crippen LogP contribution in [0.3, 0.4) is 0 Å². The fourth-order valence-corrected chi connectivity index (χ4v) is 3.20. The molecule has 24 heavy (non-hydrogen) atoms. The van der Waals surface area contributed by atoms with E-state index in [1.54, 1.807) is 12.1 Å². The van der Waals surface area contributed by atoms with E-state index in [0.717, 1.165) is 18.5 Å². The van der Waals surface area contributed by atoms with E-state index in [0.29, 0.717) is 17.2 Å². The smallest absolute Gasteiger partial charge is 0.246 e. The number of aryl methyl sites for hydroxylation is 2. The van der Waals surface area contributed by atoms with Crippen molar-refractivity contribution in [2.45, 2.75) is 32.2 Å². The second kappa shape index (κ2) is 6.07. The molecule has 0 aromatic heterocycles. The SMILES string of the molecule is C[C@H](Nc1ccc2c(c1)CCC2)C(=O)Nc1ccc2c(c1)OCO2. The van der Waals surface area contributed by atoms with Crippen molar-refractivity contribution in [3.63, 3.8) is 0 Å². The van der Waals surface area contributed by atoms with Crippen LogP contribution in [0, 0.1) is 0 Å². The molecule has 0 spiro atoms. The number of carbonyl (C=O) groups is 1. The number of hydrogen-bond acceptors (Lipinski definition) is 4. The van der Waals surface area contributed by atoms with Crippen LogP contribution in [0.15, 0.2) is 36.4 Å². The Balaban J connectivity index is 1.41. The largest absolute Gasteiger partial charge is 0.454 e. The molecule has 2 aromatic rings. The van der Waals surface area contributed by atoms with Crippen molar-refractivity contribution >= 4 is 17.3 Å². The lowest BCUT2D eigenvalue weighted by Gasteiger charge is -2.16. The maximum Gasteiger partial charge on any atom is 0.246 e. The van der Waals surface area contributed by atoms with E-state index in [4.69, 9.17) is 9.47 Å². The molecule has 0 bridgehead atoms. The van der Waals surface area contributed by atoms with Crippen LogP contribution < -0.4 is 20.1 Å². The summed E-state index contributed by atoms with van der Waals surface area (Å²) in [5, 5.41) is 6.18. The van der Waals surface area contributed by atoms with Crippen LogP contribution in [0.5, 0.6) is 11.5 Å². The Bertz CT molecular complexity index is 788. The summed E-state index contributed by atoms with van der Waals surface area (Å²) in [4.78, 5) is 12.4. The lowest BCUT2D eigenvalue weighted by Crippen LogP contribution is -2.31. The van der Waals surface area contributed by atoms with Gasteiger partial charge in [0.25, 0.3) is 0 Å². The van der Waals surface area contributed by atoms with E-state index in [1.807, 2.05) is 13.0 Å². The summed E-state index contributed by atoms with van der Waals surface area (Å²) in [5.41, 5.74) is 4.51. The highest BCUT2D eigenvalue weighted by Crippen LogP contribution is 2.34. The predicted octanol–water partition coefficient (Wildman–Crippen LogP) is 3.34. The van der Waals surface area contributed by atoms with Crippen LogP contribution in [0.1, 0.15) is 24.5 Å². The molecular formula is C19H20N2O3. The van der Waals surface area contributed by atoms with Crippen LogP contribution in [0.2, 0.25) is 0 Å². The molecule has 1 amide bonds. The number of rotatable bonds is 4. The Labute approximate surface area is 141 Å². The van der Waals surface area contributed by atoms with Gasteiger partial charge in [0.05, 0.1) is 0 Å². The molecule has 5 nitrogen and oxygen atoms in total. The van der Waals surface area contributed by atoms with Crippen molar-refractivity contribution in [2.24, 2.45) is 0 Å². The van der Waals surface area contributed by atoms with E-state index >= 15 is 0 Å². The number of carbonyl (C=O) groups excluding carboxylic acids is 1. The highest BCUT2D eigenvalue weighted by Gasteiger charge is 2.17. The predicted molar refractivity (Wildman–Crippen MR) is 92.7 cm³/mol. The van der Waals surface area contributed by atoms with Crippen molar-refractivity contribution in [1.82, 2.24) is 0 Å². The Morgan fingerprint density at radius 3 is 2.71 bits per heavy atom. The highest BCUT2D eigenvalue weighted by molar-refractivity contribution is 5.96. The Kier molecular flexibility index (Phi) is 3.76.